The SMILES string of the molecule is CCCCC/C=C/CC/C=C/CC/C=C/C(O)C(COC1OC(CO)C(OC2OC(CO)C(OC3OC(CO)C(O)C(O)C3O)C(O)C2O)C(O)C1O)NC(=O)CCCCC. The average Bonchev–Trinajstić information content (AvgIpc) is 3.25. The summed E-state index contributed by atoms with van der Waals surface area (Å²) in [7, 11) is 0. The third-order valence-corrected chi connectivity index (χ3v) is 10.9. The van der Waals surface area contributed by atoms with Crippen LogP contribution in [0.4, 0.5) is 0 Å². The standard InChI is InChI=1S/C42H73NO18/c1-3-5-7-8-9-10-11-12-13-14-15-16-18-19-26(47)25(43-30(48)20-17-6-4-2)24-56-40-36(54)33(51)38(28(22-45)58-40)61-42-37(55)34(52)39(29(23-46)59-42)60-41-35(53)32(50)31(49)27(21-44)57-41/h9-10,13-14,18-19,25-29,31-42,44-47,49-55H,3-8,11-12,15-17,20-24H2,1-2H3,(H,43,48)/b10-9+,14-13+,19-18+. The highest BCUT2D eigenvalue weighted by atomic mass is 16.8. The first-order chi connectivity index (χ1) is 29.3. The van der Waals surface area contributed by atoms with Gasteiger partial charge in [-0.1, -0.05) is 76.0 Å². The van der Waals surface area contributed by atoms with Crippen LogP contribution in [0.1, 0.15) is 90.9 Å². The van der Waals surface area contributed by atoms with Gasteiger partial charge < -0.3 is 89.9 Å². The molecule has 0 bridgehead atoms. The lowest BCUT2D eigenvalue weighted by atomic mass is 9.96. The number of rotatable bonds is 27. The minimum atomic E-state index is -1.98. The molecule has 12 N–H and O–H groups in total. The topological polar surface area (TPSA) is 307 Å². The molecule has 3 fully saturated rings. The number of carbonyl (C=O) groups is 1. The van der Waals surface area contributed by atoms with E-state index in [0.29, 0.717) is 12.8 Å². The van der Waals surface area contributed by atoms with E-state index in [-0.39, 0.29) is 18.9 Å². The van der Waals surface area contributed by atoms with Crippen molar-refractivity contribution in [3.63, 3.8) is 0 Å². The zero-order valence-electron chi connectivity index (χ0n) is 35.4. The molecule has 0 aromatic carbocycles. The minimum Gasteiger partial charge on any atom is -0.394 e. The Morgan fingerprint density at radius 3 is 1.57 bits per heavy atom. The number of nitrogens with one attached hydrogen (secondary N) is 1. The van der Waals surface area contributed by atoms with Crippen LogP contribution in [0.2, 0.25) is 0 Å². The zero-order chi connectivity index (χ0) is 44.9. The third-order valence-electron chi connectivity index (χ3n) is 10.9. The number of aliphatic hydroxyl groups is 11. The molecule has 3 aliphatic heterocycles. The normalized spacial score (nSPS) is 35.9. The van der Waals surface area contributed by atoms with Gasteiger partial charge in [-0.25, -0.2) is 0 Å². The van der Waals surface area contributed by atoms with Gasteiger partial charge in [-0.2, -0.15) is 0 Å². The molecule has 3 aliphatic rings. The van der Waals surface area contributed by atoms with E-state index in [1.165, 1.54) is 19.3 Å². The molecule has 0 aromatic heterocycles. The van der Waals surface area contributed by atoms with Gasteiger partial charge in [0.15, 0.2) is 18.9 Å². The molecule has 0 aromatic rings. The van der Waals surface area contributed by atoms with Gasteiger partial charge in [-0.3, -0.25) is 4.79 Å². The second kappa shape index (κ2) is 28.7. The number of aliphatic hydroxyl groups excluding tert-OH is 11. The predicted octanol–water partition coefficient (Wildman–Crippen LogP) is -1.31. The van der Waals surface area contributed by atoms with Crippen molar-refractivity contribution in [1.29, 1.82) is 0 Å². The molecule has 3 saturated heterocycles. The van der Waals surface area contributed by atoms with Crippen molar-refractivity contribution in [3.05, 3.63) is 36.5 Å². The Labute approximate surface area is 358 Å². The van der Waals surface area contributed by atoms with Crippen molar-refractivity contribution in [2.75, 3.05) is 26.4 Å². The van der Waals surface area contributed by atoms with Crippen LogP contribution >= 0.6 is 0 Å². The quantitative estimate of drug-likeness (QED) is 0.0337. The average molecular weight is 880 g/mol. The van der Waals surface area contributed by atoms with Gasteiger partial charge >= 0.3 is 0 Å². The molecule has 0 spiro atoms. The summed E-state index contributed by atoms with van der Waals surface area (Å²) in [4.78, 5) is 12.8. The second-order valence-corrected chi connectivity index (χ2v) is 15.8. The molecule has 17 atom stereocenters. The Hall–Kier alpha value is -1.99. The van der Waals surface area contributed by atoms with Crippen LogP contribution in [0, 0.1) is 0 Å². The molecule has 17 unspecified atom stereocenters. The Balaban J connectivity index is 1.59. The van der Waals surface area contributed by atoms with E-state index in [9.17, 15) is 61.0 Å². The predicted molar refractivity (Wildman–Crippen MR) is 217 cm³/mol. The molecule has 19 heteroatoms. The lowest BCUT2D eigenvalue weighted by molar-refractivity contribution is -0.379. The maximum atomic E-state index is 12.8. The van der Waals surface area contributed by atoms with Crippen LogP contribution in [-0.4, -0.2) is 193 Å². The molecule has 61 heavy (non-hydrogen) atoms. The first-order valence-corrected chi connectivity index (χ1v) is 21.7. The highest BCUT2D eigenvalue weighted by Gasteiger charge is 2.53. The van der Waals surface area contributed by atoms with E-state index in [1.807, 2.05) is 6.92 Å². The number of unbranched alkanes of at least 4 members (excludes halogenated alkanes) is 7. The summed E-state index contributed by atoms with van der Waals surface area (Å²) in [6, 6.07) is -0.986. The Kier molecular flexibility index (Phi) is 25.1. The first-order valence-electron chi connectivity index (χ1n) is 21.7. The summed E-state index contributed by atoms with van der Waals surface area (Å²) < 4.78 is 33.8. The maximum Gasteiger partial charge on any atom is 0.220 e. The minimum absolute atomic E-state index is 0.216. The second-order valence-electron chi connectivity index (χ2n) is 15.8. The molecular formula is C42H73NO18. The number of allylic oxidation sites excluding steroid dienone is 5. The molecule has 354 valence electrons. The number of amides is 1. The molecule has 1 amide bonds. The van der Waals surface area contributed by atoms with Crippen molar-refractivity contribution < 1.29 is 89.4 Å². The molecule has 3 heterocycles. The van der Waals surface area contributed by atoms with E-state index in [1.54, 1.807) is 12.2 Å². The lowest BCUT2D eigenvalue weighted by Gasteiger charge is -2.48. The summed E-state index contributed by atoms with van der Waals surface area (Å²) in [6.45, 7) is 1.38. The van der Waals surface area contributed by atoms with Gasteiger partial charge in [0, 0.05) is 6.42 Å². The summed E-state index contributed by atoms with van der Waals surface area (Å²) >= 11 is 0. The first kappa shape index (κ1) is 53.3. The summed E-state index contributed by atoms with van der Waals surface area (Å²) in [5.74, 6) is -0.320. The van der Waals surface area contributed by atoms with Crippen LogP contribution in [0.3, 0.4) is 0 Å². The Morgan fingerprint density at radius 1 is 0.574 bits per heavy atom. The van der Waals surface area contributed by atoms with E-state index < -0.39 is 124 Å². The summed E-state index contributed by atoms with van der Waals surface area (Å²) in [6.07, 6.45) is -4.25. The molecule has 0 aliphatic carbocycles. The number of ether oxygens (including phenoxy) is 6. The van der Waals surface area contributed by atoms with Gasteiger partial charge in [0.05, 0.1) is 38.6 Å². The van der Waals surface area contributed by atoms with E-state index in [2.05, 4.69) is 36.5 Å². The van der Waals surface area contributed by atoms with Crippen LogP contribution in [0.25, 0.3) is 0 Å². The van der Waals surface area contributed by atoms with Crippen LogP contribution in [0.15, 0.2) is 36.5 Å². The van der Waals surface area contributed by atoms with Gasteiger partial charge in [0.1, 0.15) is 73.2 Å². The van der Waals surface area contributed by atoms with Crippen LogP contribution in [0.5, 0.6) is 0 Å². The summed E-state index contributed by atoms with van der Waals surface area (Å²) in [5.41, 5.74) is 0. The third kappa shape index (κ3) is 16.5. The number of hydrogen-bond acceptors (Lipinski definition) is 18. The molecule has 19 nitrogen and oxygen atoms in total. The fourth-order valence-corrected chi connectivity index (χ4v) is 7.16. The highest BCUT2D eigenvalue weighted by molar-refractivity contribution is 5.76. The van der Waals surface area contributed by atoms with Crippen molar-refractivity contribution in [3.8, 4) is 0 Å². The summed E-state index contributed by atoms with van der Waals surface area (Å²) in [5, 5.41) is 118. The highest BCUT2D eigenvalue weighted by Crippen LogP contribution is 2.32. The van der Waals surface area contributed by atoms with Gasteiger partial charge in [0.25, 0.3) is 0 Å². The van der Waals surface area contributed by atoms with Gasteiger partial charge in [-0.05, 0) is 44.9 Å². The monoisotopic (exact) mass is 879 g/mol. The van der Waals surface area contributed by atoms with E-state index in [4.69, 9.17) is 28.4 Å². The van der Waals surface area contributed by atoms with Crippen molar-refractivity contribution in [2.24, 2.45) is 0 Å². The van der Waals surface area contributed by atoms with Gasteiger partial charge in [0.2, 0.25) is 5.91 Å². The molecule has 3 rings (SSSR count). The molecule has 0 saturated carbocycles. The van der Waals surface area contributed by atoms with Crippen molar-refractivity contribution in [2.45, 2.75) is 195 Å². The zero-order valence-corrected chi connectivity index (χ0v) is 35.4. The van der Waals surface area contributed by atoms with E-state index >= 15 is 0 Å². The van der Waals surface area contributed by atoms with E-state index in [0.717, 1.165) is 38.5 Å². The Bertz CT molecular complexity index is 1290. The smallest absolute Gasteiger partial charge is 0.220 e. The lowest BCUT2D eigenvalue weighted by Crippen LogP contribution is -2.66. The Morgan fingerprint density at radius 2 is 1.03 bits per heavy atom. The van der Waals surface area contributed by atoms with Gasteiger partial charge in [-0.15, -0.1) is 0 Å². The maximum absolute atomic E-state index is 12.8. The number of hydrogen-bond donors (Lipinski definition) is 12. The largest absolute Gasteiger partial charge is 0.394 e. The fraction of sp³-hybridized carbons (Fsp3) is 0.833. The van der Waals surface area contributed by atoms with Crippen LogP contribution in [-0.2, 0) is 33.2 Å². The van der Waals surface area contributed by atoms with Crippen LogP contribution < -0.4 is 5.32 Å². The fourth-order valence-electron chi connectivity index (χ4n) is 7.16. The molecular weight excluding hydrogens is 806 g/mol. The molecule has 0 radical (unpaired) electrons. The number of carbonyl (C=O) groups excluding carboxylic acids is 1. The van der Waals surface area contributed by atoms with Crippen molar-refractivity contribution >= 4 is 5.91 Å². The van der Waals surface area contributed by atoms with Crippen molar-refractivity contribution in [1.82, 2.24) is 5.32 Å².